The third-order valence-corrected chi connectivity index (χ3v) is 4.19. The Labute approximate surface area is 141 Å². The highest BCUT2D eigenvalue weighted by molar-refractivity contribution is 6.30. The van der Waals surface area contributed by atoms with Crippen LogP contribution in [0.5, 0.6) is 5.75 Å². The summed E-state index contributed by atoms with van der Waals surface area (Å²) in [5.41, 5.74) is 6.62. The van der Waals surface area contributed by atoms with Gasteiger partial charge in [0.05, 0.1) is 13.2 Å². The van der Waals surface area contributed by atoms with Gasteiger partial charge in [0.25, 0.3) is 0 Å². The van der Waals surface area contributed by atoms with Gasteiger partial charge in [-0.2, -0.15) is 0 Å². The standard InChI is InChI=1S/C15H21ClN2O3.ClH/c1-18(15(20)9-6-12(17)13(19)7-9)8-10-5-11(16)3-4-14(10)21-2;/h3-5,9,12-13,19H,6-8,17H2,1-2H3;1H/t9-,12+,13+;/m0./s1. The molecule has 0 unspecified atom stereocenters. The summed E-state index contributed by atoms with van der Waals surface area (Å²) in [6, 6.07) is 5.01. The molecule has 1 aromatic rings. The van der Waals surface area contributed by atoms with E-state index in [1.54, 1.807) is 37.3 Å². The van der Waals surface area contributed by atoms with Gasteiger partial charge in [0.2, 0.25) is 5.91 Å². The summed E-state index contributed by atoms with van der Waals surface area (Å²) in [5.74, 6) is 0.469. The molecular formula is C15H22Cl2N2O3. The second-order valence-corrected chi connectivity index (χ2v) is 5.99. The molecule has 1 fully saturated rings. The molecule has 0 bridgehead atoms. The number of nitrogens with two attached hydrogens (primary N) is 1. The lowest BCUT2D eigenvalue weighted by Crippen LogP contribution is -2.32. The van der Waals surface area contributed by atoms with Crippen LogP contribution in [-0.4, -0.2) is 42.2 Å². The predicted octanol–water partition coefficient (Wildman–Crippen LogP) is 1.83. The van der Waals surface area contributed by atoms with Gasteiger partial charge in [0, 0.05) is 36.1 Å². The number of carbonyl (C=O) groups excluding carboxylic acids is 1. The fourth-order valence-corrected chi connectivity index (χ4v) is 2.96. The van der Waals surface area contributed by atoms with E-state index in [0.717, 1.165) is 5.56 Å². The SMILES string of the molecule is COc1ccc(Cl)cc1CN(C)C(=O)[C@H]1C[C@@H](N)[C@H](O)C1.Cl. The van der Waals surface area contributed by atoms with Gasteiger partial charge >= 0.3 is 0 Å². The Balaban J connectivity index is 0.00000242. The third kappa shape index (κ3) is 4.26. The Hall–Kier alpha value is -1.01. The van der Waals surface area contributed by atoms with Crippen molar-refractivity contribution in [3.05, 3.63) is 28.8 Å². The van der Waals surface area contributed by atoms with E-state index in [1.807, 2.05) is 0 Å². The van der Waals surface area contributed by atoms with Crippen molar-refractivity contribution in [3.8, 4) is 5.75 Å². The van der Waals surface area contributed by atoms with E-state index in [0.29, 0.717) is 30.2 Å². The third-order valence-electron chi connectivity index (χ3n) is 3.95. The molecule has 1 amide bonds. The van der Waals surface area contributed by atoms with Crippen LogP contribution in [0.3, 0.4) is 0 Å². The number of carbonyl (C=O) groups is 1. The lowest BCUT2D eigenvalue weighted by molar-refractivity contribution is -0.134. The molecule has 3 N–H and O–H groups in total. The van der Waals surface area contributed by atoms with Crippen LogP contribution in [0.4, 0.5) is 0 Å². The van der Waals surface area contributed by atoms with E-state index in [4.69, 9.17) is 22.1 Å². The molecule has 1 aromatic carbocycles. The van der Waals surface area contributed by atoms with Gasteiger partial charge in [-0.05, 0) is 31.0 Å². The molecule has 0 aliphatic heterocycles. The summed E-state index contributed by atoms with van der Waals surface area (Å²) in [7, 11) is 3.32. The van der Waals surface area contributed by atoms with E-state index in [1.165, 1.54) is 0 Å². The zero-order valence-corrected chi connectivity index (χ0v) is 14.2. The van der Waals surface area contributed by atoms with Gasteiger partial charge < -0.3 is 20.5 Å². The smallest absolute Gasteiger partial charge is 0.225 e. The zero-order valence-electron chi connectivity index (χ0n) is 12.7. The van der Waals surface area contributed by atoms with E-state index in [9.17, 15) is 9.90 Å². The number of amides is 1. The molecule has 0 saturated heterocycles. The Morgan fingerprint density at radius 2 is 2.18 bits per heavy atom. The van der Waals surface area contributed by atoms with Crippen LogP contribution >= 0.6 is 24.0 Å². The van der Waals surface area contributed by atoms with Gasteiger partial charge in [-0.1, -0.05) is 11.6 Å². The minimum absolute atomic E-state index is 0. The number of nitrogens with zero attached hydrogens (tertiary/aromatic N) is 1. The Bertz CT molecular complexity index is 518. The number of ether oxygens (including phenoxy) is 1. The number of aliphatic hydroxyl groups is 1. The first-order valence-electron chi connectivity index (χ1n) is 6.93. The molecule has 1 aliphatic rings. The van der Waals surface area contributed by atoms with Gasteiger partial charge in [-0.3, -0.25) is 4.79 Å². The average molecular weight is 349 g/mol. The second-order valence-electron chi connectivity index (χ2n) is 5.55. The van der Waals surface area contributed by atoms with Crippen molar-refractivity contribution in [1.29, 1.82) is 0 Å². The molecule has 0 heterocycles. The van der Waals surface area contributed by atoms with Crippen LogP contribution in [0.2, 0.25) is 5.02 Å². The maximum Gasteiger partial charge on any atom is 0.225 e. The van der Waals surface area contributed by atoms with Crippen LogP contribution in [0.15, 0.2) is 18.2 Å². The molecule has 0 aromatic heterocycles. The summed E-state index contributed by atoms with van der Waals surface area (Å²) in [5, 5.41) is 10.3. The van der Waals surface area contributed by atoms with Gasteiger partial charge in [-0.25, -0.2) is 0 Å². The number of benzene rings is 1. The summed E-state index contributed by atoms with van der Waals surface area (Å²) in [6.07, 6.45) is 0.363. The van der Waals surface area contributed by atoms with Crippen molar-refractivity contribution in [1.82, 2.24) is 4.90 Å². The highest BCUT2D eigenvalue weighted by Gasteiger charge is 2.36. The molecule has 1 aliphatic carbocycles. The predicted molar refractivity (Wildman–Crippen MR) is 88.4 cm³/mol. The minimum Gasteiger partial charge on any atom is -0.496 e. The first kappa shape index (κ1) is 19.0. The summed E-state index contributed by atoms with van der Waals surface area (Å²) in [4.78, 5) is 14.0. The molecule has 5 nitrogen and oxygen atoms in total. The minimum atomic E-state index is -0.590. The number of halogens is 2. The lowest BCUT2D eigenvalue weighted by Gasteiger charge is -2.22. The average Bonchev–Trinajstić information content (AvgIpc) is 2.78. The number of hydrogen-bond donors (Lipinski definition) is 2. The zero-order chi connectivity index (χ0) is 15.6. The molecule has 124 valence electrons. The largest absolute Gasteiger partial charge is 0.496 e. The van der Waals surface area contributed by atoms with Crippen molar-refractivity contribution < 1.29 is 14.6 Å². The van der Waals surface area contributed by atoms with E-state index in [2.05, 4.69) is 0 Å². The molecule has 3 atom stereocenters. The molecule has 2 rings (SSSR count). The lowest BCUT2D eigenvalue weighted by atomic mass is 10.1. The molecule has 0 radical (unpaired) electrons. The highest BCUT2D eigenvalue weighted by Crippen LogP contribution is 2.28. The van der Waals surface area contributed by atoms with Crippen molar-refractivity contribution in [2.75, 3.05) is 14.2 Å². The topological polar surface area (TPSA) is 75.8 Å². The Kier molecular flexibility index (Phi) is 6.94. The van der Waals surface area contributed by atoms with Crippen molar-refractivity contribution in [2.45, 2.75) is 31.5 Å². The Morgan fingerprint density at radius 1 is 1.50 bits per heavy atom. The van der Waals surface area contributed by atoms with Crippen molar-refractivity contribution in [2.24, 2.45) is 11.7 Å². The van der Waals surface area contributed by atoms with Crippen LogP contribution in [-0.2, 0) is 11.3 Å². The first-order chi connectivity index (χ1) is 9.92. The number of methoxy groups -OCH3 is 1. The maximum absolute atomic E-state index is 12.4. The van der Waals surface area contributed by atoms with Crippen LogP contribution in [0.25, 0.3) is 0 Å². The van der Waals surface area contributed by atoms with E-state index in [-0.39, 0.29) is 30.3 Å². The highest BCUT2D eigenvalue weighted by atomic mass is 35.5. The second kappa shape index (κ2) is 8.02. The maximum atomic E-state index is 12.4. The van der Waals surface area contributed by atoms with Gasteiger partial charge in [0.15, 0.2) is 0 Å². The molecule has 22 heavy (non-hydrogen) atoms. The fraction of sp³-hybridized carbons (Fsp3) is 0.533. The quantitative estimate of drug-likeness (QED) is 0.870. The van der Waals surface area contributed by atoms with Crippen LogP contribution in [0.1, 0.15) is 18.4 Å². The van der Waals surface area contributed by atoms with Crippen molar-refractivity contribution >= 4 is 29.9 Å². The van der Waals surface area contributed by atoms with E-state index < -0.39 is 6.10 Å². The molecule has 7 heteroatoms. The van der Waals surface area contributed by atoms with E-state index >= 15 is 0 Å². The number of hydrogen-bond acceptors (Lipinski definition) is 4. The molecular weight excluding hydrogens is 327 g/mol. The summed E-state index contributed by atoms with van der Waals surface area (Å²) < 4.78 is 5.28. The summed E-state index contributed by atoms with van der Waals surface area (Å²) in [6.45, 7) is 0.407. The normalized spacial score (nSPS) is 23.8. The number of aliphatic hydroxyl groups excluding tert-OH is 1. The Morgan fingerprint density at radius 3 is 2.73 bits per heavy atom. The number of rotatable bonds is 4. The molecule has 0 spiro atoms. The van der Waals surface area contributed by atoms with Gasteiger partial charge in [0.1, 0.15) is 5.75 Å². The summed E-state index contributed by atoms with van der Waals surface area (Å²) >= 11 is 5.99. The van der Waals surface area contributed by atoms with Crippen LogP contribution in [0, 0.1) is 5.92 Å². The monoisotopic (exact) mass is 348 g/mol. The van der Waals surface area contributed by atoms with Crippen LogP contribution < -0.4 is 10.5 Å². The molecule has 1 saturated carbocycles. The van der Waals surface area contributed by atoms with Gasteiger partial charge in [-0.15, -0.1) is 12.4 Å². The van der Waals surface area contributed by atoms with Crippen molar-refractivity contribution in [3.63, 3.8) is 0 Å². The first-order valence-corrected chi connectivity index (χ1v) is 7.31. The fourth-order valence-electron chi connectivity index (χ4n) is 2.77.